The molecule has 1 saturated heterocycles. The van der Waals surface area contributed by atoms with Crippen molar-refractivity contribution in [2.75, 3.05) is 36.5 Å². The fourth-order valence-corrected chi connectivity index (χ4v) is 4.35. The maximum atomic E-state index is 3.61. The molecular weight excluding hydrogens is 292 g/mol. The number of nitrogens with zero attached hydrogens (tertiary/aromatic N) is 2. The van der Waals surface area contributed by atoms with Crippen LogP contribution in [0.4, 0.5) is 16.4 Å². The molecule has 1 aromatic carbocycles. The van der Waals surface area contributed by atoms with Gasteiger partial charge in [0.05, 0.1) is 11.4 Å². The molecule has 0 saturated carbocycles. The lowest BCUT2D eigenvalue weighted by molar-refractivity contribution is 0.245. The summed E-state index contributed by atoms with van der Waals surface area (Å²) in [5, 5.41) is 13.4. The Morgan fingerprint density at radius 1 is 1.18 bits per heavy atom. The molecule has 116 valence electrons. The molecule has 22 heavy (non-hydrogen) atoms. The highest BCUT2D eigenvalue weighted by Gasteiger charge is 2.28. The summed E-state index contributed by atoms with van der Waals surface area (Å²) in [7, 11) is 0. The Labute approximate surface area is 135 Å². The average molecular weight is 314 g/mol. The van der Waals surface area contributed by atoms with Crippen LogP contribution in [0.1, 0.15) is 17.4 Å². The van der Waals surface area contributed by atoms with Crippen molar-refractivity contribution in [1.82, 2.24) is 10.3 Å². The topological polar surface area (TPSA) is 30.5 Å². The number of nitrogens with one attached hydrogen (secondary N) is 2. The van der Waals surface area contributed by atoms with Gasteiger partial charge in [0.25, 0.3) is 0 Å². The summed E-state index contributed by atoms with van der Waals surface area (Å²) in [5.41, 5.74) is 3.91. The molecule has 1 aromatic heterocycles. The number of benzene rings is 1. The second-order valence-electron chi connectivity index (χ2n) is 5.78. The van der Waals surface area contributed by atoms with E-state index in [0.717, 1.165) is 39.1 Å². The van der Waals surface area contributed by atoms with E-state index in [4.69, 9.17) is 0 Å². The van der Waals surface area contributed by atoms with Crippen molar-refractivity contribution < 1.29 is 0 Å². The minimum Gasteiger partial charge on any atom is -0.379 e. The van der Waals surface area contributed by atoms with Crippen molar-refractivity contribution in [2.24, 2.45) is 0 Å². The van der Waals surface area contributed by atoms with Crippen molar-refractivity contribution in [2.45, 2.75) is 19.9 Å². The number of hydrazine groups is 1. The third-order valence-electron chi connectivity index (χ3n) is 4.36. The number of para-hydroxylation sites is 2. The van der Waals surface area contributed by atoms with E-state index in [9.17, 15) is 0 Å². The lowest BCUT2D eigenvalue weighted by atomic mass is 10.2. The molecule has 4 nitrogen and oxygen atoms in total. The summed E-state index contributed by atoms with van der Waals surface area (Å²) in [4.78, 5) is 1.46. The SMILES string of the molecule is CCc1cc2c(s1)N(N1CCNCC1)c1ccccc1NC2. The van der Waals surface area contributed by atoms with Crippen LogP contribution in [-0.4, -0.2) is 31.2 Å². The molecule has 2 aromatic rings. The largest absolute Gasteiger partial charge is 0.379 e. The van der Waals surface area contributed by atoms with Gasteiger partial charge in [0.1, 0.15) is 5.00 Å². The highest BCUT2D eigenvalue weighted by molar-refractivity contribution is 7.16. The number of fused-ring (bicyclic) bond motifs is 2. The molecule has 0 unspecified atom stereocenters. The second-order valence-corrected chi connectivity index (χ2v) is 6.90. The van der Waals surface area contributed by atoms with Crippen molar-refractivity contribution in [1.29, 1.82) is 0 Å². The first-order chi connectivity index (χ1) is 10.9. The summed E-state index contributed by atoms with van der Waals surface area (Å²) >= 11 is 1.94. The molecule has 0 atom stereocenters. The standard InChI is InChI=1S/C17H22N4S/c1-2-14-11-13-12-19-15-5-3-4-6-16(15)21(17(13)22-14)20-9-7-18-8-10-20/h3-6,11,18-19H,2,7-10,12H2,1H3. The van der Waals surface area contributed by atoms with Gasteiger partial charge >= 0.3 is 0 Å². The van der Waals surface area contributed by atoms with Crippen LogP contribution in [-0.2, 0) is 13.0 Å². The molecule has 4 rings (SSSR count). The lowest BCUT2D eigenvalue weighted by Gasteiger charge is -2.38. The van der Waals surface area contributed by atoms with Gasteiger partial charge in [-0.3, -0.25) is 5.01 Å². The van der Waals surface area contributed by atoms with Gasteiger partial charge in [0, 0.05) is 43.2 Å². The normalized spacial score (nSPS) is 18.3. The number of thiophene rings is 1. The third kappa shape index (κ3) is 2.39. The van der Waals surface area contributed by atoms with E-state index in [-0.39, 0.29) is 0 Å². The van der Waals surface area contributed by atoms with Gasteiger partial charge in [-0.25, -0.2) is 5.01 Å². The van der Waals surface area contributed by atoms with Gasteiger partial charge < -0.3 is 10.6 Å². The highest BCUT2D eigenvalue weighted by atomic mass is 32.1. The Hall–Kier alpha value is -1.56. The molecule has 2 aliphatic heterocycles. The number of piperazine rings is 1. The predicted octanol–water partition coefficient (Wildman–Crippen LogP) is 3.19. The molecule has 2 aliphatic rings. The van der Waals surface area contributed by atoms with Crippen molar-refractivity contribution in [3.8, 4) is 0 Å². The van der Waals surface area contributed by atoms with E-state index in [0.29, 0.717) is 0 Å². The first-order valence-corrected chi connectivity index (χ1v) is 8.88. The van der Waals surface area contributed by atoms with E-state index in [1.165, 1.54) is 26.8 Å². The van der Waals surface area contributed by atoms with E-state index >= 15 is 0 Å². The number of hydrogen-bond acceptors (Lipinski definition) is 5. The van der Waals surface area contributed by atoms with Crippen LogP contribution in [0.2, 0.25) is 0 Å². The molecule has 0 aliphatic carbocycles. The fraction of sp³-hybridized carbons (Fsp3) is 0.412. The number of rotatable bonds is 2. The Morgan fingerprint density at radius 3 is 2.82 bits per heavy atom. The van der Waals surface area contributed by atoms with Crippen LogP contribution in [0.5, 0.6) is 0 Å². The molecule has 0 amide bonds. The van der Waals surface area contributed by atoms with Crippen molar-refractivity contribution in [3.05, 3.63) is 40.8 Å². The van der Waals surface area contributed by atoms with Gasteiger partial charge in [-0.1, -0.05) is 19.1 Å². The van der Waals surface area contributed by atoms with Crippen LogP contribution in [0.3, 0.4) is 0 Å². The van der Waals surface area contributed by atoms with Crippen molar-refractivity contribution in [3.63, 3.8) is 0 Å². The predicted molar refractivity (Wildman–Crippen MR) is 94.0 cm³/mol. The Balaban J connectivity index is 1.83. The quantitative estimate of drug-likeness (QED) is 0.891. The van der Waals surface area contributed by atoms with Crippen LogP contribution in [0.25, 0.3) is 0 Å². The first kappa shape index (κ1) is 14.1. The van der Waals surface area contributed by atoms with Crippen LogP contribution < -0.4 is 15.6 Å². The lowest BCUT2D eigenvalue weighted by Crippen LogP contribution is -2.50. The molecule has 0 bridgehead atoms. The molecule has 0 radical (unpaired) electrons. The molecule has 1 fully saturated rings. The monoisotopic (exact) mass is 314 g/mol. The Kier molecular flexibility index (Phi) is 3.78. The molecule has 0 spiro atoms. The molecule has 2 N–H and O–H groups in total. The maximum absolute atomic E-state index is 3.61. The maximum Gasteiger partial charge on any atom is 0.116 e. The minimum atomic E-state index is 0.908. The smallest absolute Gasteiger partial charge is 0.116 e. The van der Waals surface area contributed by atoms with Crippen molar-refractivity contribution >= 4 is 27.7 Å². The zero-order valence-electron chi connectivity index (χ0n) is 12.9. The number of anilines is 3. The second kappa shape index (κ2) is 5.91. The van der Waals surface area contributed by atoms with Gasteiger partial charge in [-0.2, -0.15) is 0 Å². The minimum absolute atomic E-state index is 0.908. The summed E-state index contributed by atoms with van der Waals surface area (Å²) in [6, 6.07) is 11.0. The Morgan fingerprint density at radius 2 is 2.00 bits per heavy atom. The van der Waals surface area contributed by atoms with E-state index in [1.807, 2.05) is 11.3 Å². The summed E-state index contributed by atoms with van der Waals surface area (Å²) in [6.07, 6.45) is 1.11. The fourth-order valence-electron chi connectivity index (χ4n) is 3.20. The summed E-state index contributed by atoms with van der Waals surface area (Å²) < 4.78 is 0. The zero-order valence-corrected chi connectivity index (χ0v) is 13.7. The van der Waals surface area contributed by atoms with E-state index in [1.54, 1.807) is 0 Å². The summed E-state index contributed by atoms with van der Waals surface area (Å²) in [6.45, 7) is 7.34. The summed E-state index contributed by atoms with van der Waals surface area (Å²) in [5.74, 6) is 0. The van der Waals surface area contributed by atoms with Gasteiger partial charge in [-0.15, -0.1) is 11.3 Å². The van der Waals surface area contributed by atoms with Crippen LogP contribution in [0.15, 0.2) is 30.3 Å². The van der Waals surface area contributed by atoms with Gasteiger partial charge in [-0.05, 0) is 24.6 Å². The first-order valence-electron chi connectivity index (χ1n) is 8.07. The van der Waals surface area contributed by atoms with E-state index < -0.39 is 0 Å². The van der Waals surface area contributed by atoms with Gasteiger partial charge in [0.15, 0.2) is 0 Å². The zero-order chi connectivity index (χ0) is 14.9. The third-order valence-corrected chi connectivity index (χ3v) is 5.65. The Bertz CT molecular complexity index is 660. The molecule has 3 heterocycles. The molecular formula is C17H22N4S. The molecule has 5 heteroatoms. The average Bonchev–Trinajstić information content (AvgIpc) is 2.92. The van der Waals surface area contributed by atoms with Crippen LogP contribution >= 0.6 is 11.3 Å². The van der Waals surface area contributed by atoms with E-state index in [2.05, 4.69) is 57.9 Å². The van der Waals surface area contributed by atoms with Gasteiger partial charge in [0.2, 0.25) is 0 Å². The van der Waals surface area contributed by atoms with Crippen LogP contribution in [0, 0.1) is 0 Å². The number of hydrogen-bond donors (Lipinski definition) is 2. The highest BCUT2D eigenvalue weighted by Crippen LogP contribution is 2.43. The number of aryl methyl sites for hydroxylation is 1.